The van der Waals surface area contributed by atoms with Crippen LogP contribution in [0.2, 0.25) is 0 Å². The van der Waals surface area contributed by atoms with E-state index in [1.807, 2.05) is 20.0 Å². The number of amides is 2. The van der Waals surface area contributed by atoms with Crippen LogP contribution in [0, 0.1) is 0 Å². The van der Waals surface area contributed by atoms with Crippen molar-refractivity contribution in [3.63, 3.8) is 0 Å². The number of carbonyl (C=O) groups excluding carboxylic acids is 1. The van der Waals surface area contributed by atoms with Gasteiger partial charge < -0.3 is 19.7 Å². The minimum atomic E-state index is -2.65. The molecular formula is C22H30N3O5PS. The first-order valence-electron chi connectivity index (χ1n) is 10.7. The Morgan fingerprint density at radius 1 is 1.22 bits per heavy atom. The predicted octanol–water partition coefficient (Wildman–Crippen LogP) is 5.31. The molecule has 1 aromatic carbocycles. The highest BCUT2D eigenvalue weighted by Crippen LogP contribution is 2.43. The van der Waals surface area contributed by atoms with Gasteiger partial charge in [0.25, 0.3) is 0 Å². The van der Waals surface area contributed by atoms with Gasteiger partial charge in [-0.15, -0.1) is 11.3 Å². The molecule has 0 atom stereocenters. The molecule has 1 heterocycles. The van der Waals surface area contributed by atoms with Crippen LogP contribution in [0.25, 0.3) is 10.4 Å². The van der Waals surface area contributed by atoms with Crippen LogP contribution < -0.4 is 15.9 Å². The van der Waals surface area contributed by atoms with Crippen LogP contribution in [0.15, 0.2) is 24.4 Å². The van der Waals surface area contributed by atoms with Gasteiger partial charge in [0.2, 0.25) is 0 Å². The highest BCUT2D eigenvalue weighted by atomic mass is 32.1. The van der Waals surface area contributed by atoms with E-state index in [-0.39, 0.29) is 18.2 Å². The van der Waals surface area contributed by atoms with Gasteiger partial charge in [0.15, 0.2) is 0 Å². The van der Waals surface area contributed by atoms with E-state index in [0.29, 0.717) is 16.9 Å². The molecule has 3 rings (SSSR count). The van der Waals surface area contributed by atoms with Gasteiger partial charge in [-0.05, 0) is 65.0 Å². The minimum Gasteiger partial charge on any atom is -0.465 e. The van der Waals surface area contributed by atoms with Crippen LogP contribution in [-0.2, 0) is 9.30 Å². The van der Waals surface area contributed by atoms with E-state index in [1.165, 1.54) is 0 Å². The van der Waals surface area contributed by atoms with Crippen LogP contribution in [0.3, 0.4) is 0 Å². The molecule has 1 aromatic heterocycles. The molecule has 0 spiro atoms. The second kappa shape index (κ2) is 10.0. The van der Waals surface area contributed by atoms with Gasteiger partial charge in [-0.3, -0.25) is 5.32 Å². The van der Waals surface area contributed by atoms with Crippen LogP contribution in [-0.4, -0.2) is 47.8 Å². The summed E-state index contributed by atoms with van der Waals surface area (Å²) in [4.78, 5) is 28.4. The fourth-order valence-electron chi connectivity index (χ4n) is 3.89. The van der Waals surface area contributed by atoms with Gasteiger partial charge in [0.05, 0.1) is 16.0 Å². The molecule has 174 valence electrons. The van der Waals surface area contributed by atoms with E-state index in [9.17, 15) is 14.2 Å². The molecule has 2 amide bonds. The van der Waals surface area contributed by atoms with E-state index < -0.39 is 13.2 Å². The van der Waals surface area contributed by atoms with Crippen molar-refractivity contribution in [2.75, 3.05) is 18.6 Å². The summed E-state index contributed by atoms with van der Waals surface area (Å²) in [7, 11) is -2.65. The number of benzene rings is 1. The third-order valence-corrected chi connectivity index (χ3v) is 8.08. The maximum absolute atomic E-state index is 12.9. The first-order chi connectivity index (χ1) is 15.0. The molecule has 0 unspecified atom stereocenters. The number of ether oxygens (including phenoxy) is 1. The Labute approximate surface area is 192 Å². The van der Waals surface area contributed by atoms with Gasteiger partial charge >= 0.3 is 12.2 Å². The average molecular weight is 480 g/mol. The molecule has 1 aliphatic rings. The van der Waals surface area contributed by atoms with Crippen LogP contribution in [0.1, 0.15) is 50.5 Å². The Bertz CT molecular complexity index is 1020. The first kappa shape index (κ1) is 24.3. The van der Waals surface area contributed by atoms with Crippen molar-refractivity contribution in [1.29, 1.82) is 0 Å². The molecule has 3 N–H and O–H groups in total. The highest BCUT2D eigenvalue weighted by Gasteiger charge is 2.27. The minimum absolute atomic E-state index is 0.115. The monoisotopic (exact) mass is 479 g/mol. The molecule has 10 heteroatoms. The zero-order chi connectivity index (χ0) is 23.5. The largest absolute Gasteiger partial charge is 0.465 e. The Morgan fingerprint density at radius 2 is 1.91 bits per heavy atom. The lowest BCUT2D eigenvalue weighted by Gasteiger charge is -2.28. The summed E-state index contributed by atoms with van der Waals surface area (Å²) in [6.45, 7) is 7.01. The lowest BCUT2D eigenvalue weighted by Crippen LogP contribution is -2.38. The number of alkyl carbamates (subject to hydrolysis) is 1. The summed E-state index contributed by atoms with van der Waals surface area (Å²) >= 11 is 1.59. The number of nitrogens with zero attached hydrogens (tertiary/aromatic N) is 1. The van der Waals surface area contributed by atoms with E-state index in [0.717, 1.165) is 41.1 Å². The number of carboxylic acid groups (broad SMARTS) is 1. The average Bonchev–Trinajstić information content (AvgIpc) is 3.16. The van der Waals surface area contributed by atoms with Gasteiger partial charge in [-0.2, -0.15) is 0 Å². The summed E-state index contributed by atoms with van der Waals surface area (Å²) in [6, 6.07) is 5.24. The lowest BCUT2D eigenvalue weighted by molar-refractivity contribution is 0.109. The SMILES string of the molecule is CC(C)OC(=O)NC1CCC(c2ncc(-c3ccc(NC(=O)O)cc3P(C)(C)=O)s2)CC1. The maximum atomic E-state index is 12.9. The Balaban J connectivity index is 1.72. The van der Waals surface area contributed by atoms with Crippen molar-refractivity contribution in [2.45, 2.75) is 57.6 Å². The molecule has 0 saturated heterocycles. The lowest BCUT2D eigenvalue weighted by atomic mass is 9.86. The van der Waals surface area contributed by atoms with E-state index >= 15 is 0 Å². The van der Waals surface area contributed by atoms with Crippen molar-refractivity contribution in [2.24, 2.45) is 0 Å². The topological polar surface area (TPSA) is 118 Å². The molecule has 0 bridgehead atoms. The molecular weight excluding hydrogens is 449 g/mol. The maximum Gasteiger partial charge on any atom is 0.409 e. The molecule has 0 radical (unpaired) electrons. The Hall–Kier alpha value is -2.38. The molecule has 0 aliphatic heterocycles. The number of thiazole rings is 1. The number of carbonyl (C=O) groups is 2. The van der Waals surface area contributed by atoms with Crippen molar-refractivity contribution in [3.05, 3.63) is 29.4 Å². The third kappa shape index (κ3) is 6.33. The number of rotatable bonds is 6. The fraction of sp³-hybridized carbons (Fsp3) is 0.500. The van der Waals surface area contributed by atoms with Crippen molar-refractivity contribution in [1.82, 2.24) is 10.3 Å². The van der Waals surface area contributed by atoms with Gasteiger partial charge in [-0.1, -0.05) is 6.07 Å². The van der Waals surface area contributed by atoms with E-state index in [2.05, 4.69) is 15.6 Å². The zero-order valence-corrected chi connectivity index (χ0v) is 20.5. The Morgan fingerprint density at radius 3 is 2.50 bits per heavy atom. The van der Waals surface area contributed by atoms with Gasteiger partial charge in [0.1, 0.15) is 7.14 Å². The quantitative estimate of drug-likeness (QED) is 0.484. The summed E-state index contributed by atoms with van der Waals surface area (Å²) in [5.41, 5.74) is 1.22. The number of nitrogens with one attached hydrogen (secondary N) is 2. The normalized spacial score (nSPS) is 18.9. The smallest absolute Gasteiger partial charge is 0.409 e. The fourth-order valence-corrected chi connectivity index (χ4v) is 6.31. The number of hydrogen-bond acceptors (Lipinski definition) is 6. The first-order valence-corrected chi connectivity index (χ1v) is 14.1. The van der Waals surface area contributed by atoms with Crippen LogP contribution >= 0.6 is 18.5 Å². The molecule has 8 nitrogen and oxygen atoms in total. The predicted molar refractivity (Wildman–Crippen MR) is 128 cm³/mol. The summed E-state index contributed by atoms with van der Waals surface area (Å²) < 4.78 is 18.1. The number of anilines is 1. The van der Waals surface area contributed by atoms with Gasteiger partial charge in [0, 0.05) is 34.7 Å². The number of aromatic nitrogens is 1. The summed E-state index contributed by atoms with van der Waals surface area (Å²) in [6.07, 6.45) is 3.73. The Kier molecular flexibility index (Phi) is 7.62. The molecule has 2 aromatic rings. The van der Waals surface area contributed by atoms with Crippen molar-refractivity contribution >= 4 is 41.7 Å². The van der Waals surface area contributed by atoms with Gasteiger partial charge in [-0.25, -0.2) is 14.6 Å². The third-order valence-electron chi connectivity index (χ3n) is 5.36. The summed E-state index contributed by atoms with van der Waals surface area (Å²) in [5.74, 6) is 0.319. The molecule has 1 aliphatic carbocycles. The van der Waals surface area contributed by atoms with E-state index in [1.54, 1.807) is 42.9 Å². The second-order valence-electron chi connectivity index (χ2n) is 8.72. The van der Waals surface area contributed by atoms with Crippen molar-refractivity contribution < 1.29 is 24.0 Å². The van der Waals surface area contributed by atoms with E-state index in [4.69, 9.17) is 9.84 Å². The molecule has 32 heavy (non-hydrogen) atoms. The summed E-state index contributed by atoms with van der Waals surface area (Å²) in [5, 5.41) is 15.9. The molecule has 1 saturated carbocycles. The zero-order valence-electron chi connectivity index (χ0n) is 18.8. The standard InChI is InChI=1S/C22H30N3O5PS/c1-13(2)30-22(28)25-15-7-5-14(6-8-15)20-23-12-19(32-20)17-10-9-16(24-21(26)27)11-18(17)31(3,4)29/h9-15,24H,5-8H2,1-4H3,(H,25,28)(H,26,27). The molecule has 1 fully saturated rings. The highest BCUT2D eigenvalue weighted by molar-refractivity contribution is 7.70. The van der Waals surface area contributed by atoms with Crippen LogP contribution in [0.4, 0.5) is 15.3 Å². The van der Waals surface area contributed by atoms with Crippen molar-refractivity contribution in [3.8, 4) is 10.4 Å². The second-order valence-corrected chi connectivity index (χ2v) is 13.0. The number of hydrogen-bond donors (Lipinski definition) is 3. The van der Waals surface area contributed by atoms with Crippen LogP contribution in [0.5, 0.6) is 0 Å².